The molecule has 20 heavy (non-hydrogen) atoms. The second kappa shape index (κ2) is 5.51. The standard InChI is InChI=1S/C13H19N3O3S/c1-9-3-4-10(7-12(9)20(14,18)19)13(17)16(2)11-5-6-15-8-11/h3-4,7,11,15H,5-6,8H2,1-2H3,(H2,14,18,19). The number of primary sulfonamides is 1. The molecule has 2 rings (SSSR count). The van der Waals surface area contributed by atoms with Crippen LogP contribution < -0.4 is 10.5 Å². The second-order valence-electron chi connectivity index (χ2n) is 5.09. The predicted octanol–water partition coefficient (Wildman–Crippen LogP) is 0.0763. The first kappa shape index (κ1) is 15.0. The Hall–Kier alpha value is -1.44. The molecule has 0 aromatic heterocycles. The van der Waals surface area contributed by atoms with E-state index >= 15 is 0 Å². The fourth-order valence-electron chi connectivity index (χ4n) is 2.38. The lowest BCUT2D eigenvalue weighted by atomic mass is 10.1. The minimum atomic E-state index is -3.82. The van der Waals surface area contributed by atoms with Crippen molar-refractivity contribution in [1.29, 1.82) is 0 Å². The summed E-state index contributed by atoms with van der Waals surface area (Å²) in [5.41, 5.74) is 0.878. The molecule has 1 aromatic rings. The van der Waals surface area contributed by atoms with Gasteiger partial charge in [0.1, 0.15) is 0 Å². The maximum Gasteiger partial charge on any atom is 0.253 e. The van der Waals surface area contributed by atoms with E-state index in [0.717, 1.165) is 19.5 Å². The van der Waals surface area contributed by atoms with Gasteiger partial charge >= 0.3 is 0 Å². The minimum absolute atomic E-state index is 0.00120. The topological polar surface area (TPSA) is 92.5 Å². The van der Waals surface area contributed by atoms with E-state index in [2.05, 4.69) is 5.32 Å². The Morgan fingerprint density at radius 2 is 2.15 bits per heavy atom. The molecule has 7 heteroatoms. The van der Waals surface area contributed by atoms with E-state index in [1.165, 1.54) is 6.07 Å². The average molecular weight is 297 g/mol. The van der Waals surface area contributed by atoms with Crippen molar-refractivity contribution in [2.45, 2.75) is 24.3 Å². The third-order valence-corrected chi connectivity index (χ3v) is 4.70. The molecule has 6 nitrogen and oxygen atoms in total. The molecule has 1 aliphatic rings. The molecular formula is C13H19N3O3S. The Morgan fingerprint density at radius 1 is 1.45 bits per heavy atom. The van der Waals surface area contributed by atoms with Gasteiger partial charge in [0.25, 0.3) is 5.91 Å². The van der Waals surface area contributed by atoms with Gasteiger partial charge in [0.15, 0.2) is 0 Å². The van der Waals surface area contributed by atoms with Crippen molar-refractivity contribution in [3.05, 3.63) is 29.3 Å². The van der Waals surface area contributed by atoms with Crippen molar-refractivity contribution in [2.24, 2.45) is 5.14 Å². The van der Waals surface area contributed by atoms with E-state index < -0.39 is 10.0 Å². The number of likely N-dealkylation sites (N-methyl/N-ethyl adjacent to an activating group) is 1. The van der Waals surface area contributed by atoms with Gasteiger partial charge in [0, 0.05) is 25.2 Å². The van der Waals surface area contributed by atoms with Gasteiger partial charge in [-0.05, 0) is 37.6 Å². The fraction of sp³-hybridized carbons (Fsp3) is 0.462. The van der Waals surface area contributed by atoms with E-state index in [-0.39, 0.29) is 16.8 Å². The highest BCUT2D eigenvalue weighted by molar-refractivity contribution is 7.89. The summed E-state index contributed by atoms with van der Waals surface area (Å²) in [6.45, 7) is 3.30. The van der Waals surface area contributed by atoms with Crippen LogP contribution in [0.3, 0.4) is 0 Å². The van der Waals surface area contributed by atoms with Crippen LogP contribution in [-0.2, 0) is 10.0 Å². The van der Waals surface area contributed by atoms with E-state index in [9.17, 15) is 13.2 Å². The van der Waals surface area contributed by atoms with E-state index in [1.54, 1.807) is 31.0 Å². The number of rotatable bonds is 3. The SMILES string of the molecule is Cc1ccc(C(=O)N(C)C2CCNC2)cc1S(N)(=O)=O. The third-order valence-electron chi connectivity index (χ3n) is 3.64. The van der Waals surface area contributed by atoms with Gasteiger partial charge in [-0.25, -0.2) is 13.6 Å². The first-order chi connectivity index (χ1) is 9.30. The quantitative estimate of drug-likeness (QED) is 0.826. The van der Waals surface area contributed by atoms with Crippen LogP contribution in [-0.4, -0.2) is 45.4 Å². The number of nitrogens with two attached hydrogens (primary N) is 1. The first-order valence-corrected chi connectivity index (χ1v) is 7.96. The molecule has 1 heterocycles. The molecule has 1 amide bonds. The predicted molar refractivity (Wildman–Crippen MR) is 75.9 cm³/mol. The highest BCUT2D eigenvalue weighted by Crippen LogP contribution is 2.18. The number of nitrogens with zero attached hydrogens (tertiary/aromatic N) is 1. The molecule has 1 unspecified atom stereocenters. The Labute approximate surface area is 119 Å². The van der Waals surface area contributed by atoms with Crippen molar-refractivity contribution >= 4 is 15.9 Å². The molecular weight excluding hydrogens is 278 g/mol. The summed E-state index contributed by atoms with van der Waals surface area (Å²) in [4.78, 5) is 14.0. The number of hydrogen-bond acceptors (Lipinski definition) is 4. The summed E-state index contributed by atoms with van der Waals surface area (Å²) in [5, 5.41) is 8.36. The van der Waals surface area contributed by atoms with Crippen LogP contribution in [0, 0.1) is 6.92 Å². The van der Waals surface area contributed by atoms with Crippen LogP contribution in [0.5, 0.6) is 0 Å². The molecule has 0 radical (unpaired) electrons. The summed E-state index contributed by atoms with van der Waals surface area (Å²) in [7, 11) is -2.08. The van der Waals surface area contributed by atoms with Crippen molar-refractivity contribution in [1.82, 2.24) is 10.2 Å². The first-order valence-electron chi connectivity index (χ1n) is 6.42. The number of nitrogens with one attached hydrogen (secondary N) is 1. The number of aryl methyl sites for hydroxylation is 1. The lowest BCUT2D eigenvalue weighted by Crippen LogP contribution is -2.38. The van der Waals surface area contributed by atoms with Crippen LogP contribution in [0.4, 0.5) is 0 Å². The highest BCUT2D eigenvalue weighted by Gasteiger charge is 2.25. The van der Waals surface area contributed by atoms with Gasteiger partial charge in [0.2, 0.25) is 10.0 Å². The van der Waals surface area contributed by atoms with Gasteiger partial charge in [-0.3, -0.25) is 4.79 Å². The zero-order valence-electron chi connectivity index (χ0n) is 11.6. The number of benzene rings is 1. The molecule has 1 saturated heterocycles. The monoisotopic (exact) mass is 297 g/mol. The minimum Gasteiger partial charge on any atom is -0.337 e. The lowest BCUT2D eigenvalue weighted by Gasteiger charge is -2.24. The summed E-state index contributed by atoms with van der Waals surface area (Å²) < 4.78 is 23.0. The lowest BCUT2D eigenvalue weighted by molar-refractivity contribution is 0.0743. The molecule has 0 spiro atoms. The number of amides is 1. The van der Waals surface area contributed by atoms with Crippen molar-refractivity contribution in [3.63, 3.8) is 0 Å². The smallest absolute Gasteiger partial charge is 0.253 e. The van der Waals surface area contributed by atoms with Gasteiger partial charge < -0.3 is 10.2 Å². The Morgan fingerprint density at radius 3 is 2.70 bits per heavy atom. The van der Waals surface area contributed by atoms with Crippen molar-refractivity contribution in [3.8, 4) is 0 Å². The largest absolute Gasteiger partial charge is 0.337 e. The van der Waals surface area contributed by atoms with Crippen molar-refractivity contribution in [2.75, 3.05) is 20.1 Å². The molecule has 3 N–H and O–H groups in total. The van der Waals surface area contributed by atoms with Gasteiger partial charge in [-0.2, -0.15) is 0 Å². The van der Waals surface area contributed by atoms with Crippen LogP contribution in [0.2, 0.25) is 0 Å². The zero-order chi connectivity index (χ0) is 14.9. The molecule has 0 bridgehead atoms. The number of hydrogen-bond donors (Lipinski definition) is 2. The zero-order valence-corrected chi connectivity index (χ0v) is 12.4. The summed E-state index contributed by atoms with van der Waals surface area (Å²) in [6, 6.07) is 4.73. The van der Waals surface area contributed by atoms with Crippen LogP contribution >= 0.6 is 0 Å². The Kier molecular flexibility index (Phi) is 4.12. The third kappa shape index (κ3) is 3.00. The van der Waals surface area contributed by atoms with Crippen LogP contribution in [0.25, 0.3) is 0 Å². The van der Waals surface area contributed by atoms with E-state index in [4.69, 9.17) is 5.14 Å². The number of carbonyl (C=O) groups is 1. The highest BCUT2D eigenvalue weighted by atomic mass is 32.2. The molecule has 0 saturated carbocycles. The number of carbonyl (C=O) groups excluding carboxylic acids is 1. The molecule has 1 atom stereocenters. The van der Waals surface area contributed by atoms with E-state index in [0.29, 0.717) is 11.1 Å². The molecule has 1 aromatic carbocycles. The molecule has 0 aliphatic carbocycles. The average Bonchev–Trinajstić information content (AvgIpc) is 2.90. The molecule has 1 fully saturated rings. The molecule has 110 valence electrons. The maximum absolute atomic E-state index is 12.4. The fourth-order valence-corrected chi connectivity index (χ4v) is 3.19. The summed E-state index contributed by atoms with van der Waals surface area (Å²) in [5.74, 6) is -0.191. The Balaban J connectivity index is 2.31. The molecule has 1 aliphatic heterocycles. The van der Waals surface area contributed by atoms with Gasteiger partial charge in [-0.1, -0.05) is 6.07 Å². The van der Waals surface area contributed by atoms with Crippen molar-refractivity contribution < 1.29 is 13.2 Å². The van der Waals surface area contributed by atoms with Crippen LogP contribution in [0.1, 0.15) is 22.3 Å². The second-order valence-corrected chi connectivity index (χ2v) is 6.62. The van der Waals surface area contributed by atoms with Gasteiger partial charge in [-0.15, -0.1) is 0 Å². The maximum atomic E-state index is 12.4. The Bertz CT molecular complexity index is 622. The summed E-state index contributed by atoms with van der Waals surface area (Å²) >= 11 is 0. The number of sulfonamides is 1. The van der Waals surface area contributed by atoms with E-state index in [1.807, 2.05) is 0 Å². The van der Waals surface area contributed by atoms with Gasteiger partial charge in [0.05, 0.1) is 4.90 Å². The normalized spacial score (nSPS) is 19.1. The van der Waals surface area contributed by atoms with Crippen LogP contribution in [0.15, 0.2) is 23.1 Å². The summed E-state index contributed by atoms with van der Waals surface area (Å²) in [6.07, 6.45) is 0.899.